The molecule has 3 fully saturated rings. The Labute approximate surface area is 183 Å². The lowest BCUT2D eigenvalue weighted by Crippen LogP contribution is -2.25. The van der Waals surface area contributed by atoms with Crippen LogP contribution in [-0.2, 0) is 0 Å². The van der Waals surface area contributed by atoms with Crippen LogP contribution in [0.5, 0.6) is 0 Å². The van der Waals surface area contributed by atoms with Crippen molar-refractivity contribution >= 4 is 0 Å². The van der Waals surface area contributed by atoms with Crippen molar-refractivity contribution in [3.05, 3.63) is 24.3 Å². The number of hydrogen-bond acceptors (Lipinski definition) is 0. The zero-order valence-electron chi connectivity index (χ0n) is 19.8. The summed E-state index contributed by atoms with van der Waals surface area (Å²) in [5.41, 5.74) is 0. The van der Waals surface area contributed by atoms with E-state index in [0.717, 1.165) is 35.5 Å². The van der Waals surface area contributed by atoms with Crippen molar-refractivity contribution in [1.82, 2.24) is 0 Å². The average Bonchev–Trinajstić information content (AvgIpc) is 2.78. The van der Waals surface area contributed by atoms with E-state index < -0.39 is 0 Å². The standard InChI is InChI=1S/C29H50/c1-3-5-6-9-25-12-14-26(15-13-25)10-7-8-11-27-18-22-29(23-19-27)28-20-16-24(4-2)17-21-28/h3,5,8,11,24-29H,4,6-7,9-10,12-23H2,1-2H3/b5-3+,11-8+/t24-,25-,26-,27?,28-,29?. The Morgan fingerprint density at radius 3 is 1.59 bits per heavy atom. The van der Waals surface area contributed by atoms with Crippen molar-refractivity contribution in [2.24, 2.45) is 35.5 Å². The molecule has 3 rings (SSSR count). The Morgan fingerprint density at radius 2 is 1.07 bits per heavy atom. The van der Waals surface area contributed by atoms with Crippen LogP contribution in [0, 0.1) is 35.5 Å². The van der Waals surface area contributed by atoms with Crippen LogP contribution < -0.4 is 0 Å². The maximum atomic E-state index is 2.62. The summed E-state index contributed by atoms with van der Waals surface area (Å²) >= 11 is 0. The third-order valence-electron chi connectivity index (χ3n) is 9.05. The first kappa shape index (κ1) is 23.1. The van der Waals surface area contributed by atoms with E-state index in [1.807, 2.05) is 0 Å². The summed E-state index contributed by atoms with van der Waals surface area (Å²) in [6.07, 6.45) is 34.8. The first-order valence-electron chi connectivity index (χ1n) is 13.6. The summed E-state index contributed by atoms with van der Waals surface area (Å²) in [5.74, 6) is 6.15. The lowest BCUT2D eigenvalue weighted by molar-refractivity contribution is 0.154. The first-order valence-corrected chi connectivity index (χ1v) is 13.6. The van der Waals surface area contributed by atoms with Crippen LogP contribution in [0.3, 0.4) is 0 Å². The Morgan fingerprint density at radius 1 is 0.586 bits per heavy atom. The Hall–Kier alpha value is -0.520. The van der Waals surface area contributed by atoms with Gasteiger partial charge in [0.1, 0.15) is 0 Å². The molecule has 29 heavy (non-hydrogen) atoms. The van der Waals surface area contributed by atoms with E-state index in [-0.39, 0.29) is 0 Å². The lowest BCUT2D eigenvalue weighted by atomic mass is 9.69. The third kappa shape index (κ3) is 7.91. The van der Waals surface area contributed by atoms with E-state index in [0.29, 0.717) is 0 Å². The van der Waals surface area contributed by atoms with Gasteiger partial charge in [0.15, 0.2) is 0 Å². The quantitative estimate of drug-likeness (QED) is 0.339. The van der Waals surface area contributed by atoms with Crippen LogP contribution in [0.1, 0.15) is 123 Å². The SMILES string of the molecule is C/C=C/CC[C@H]1CC[C@H](CC/C=C/C2CCC([C@H]3CC[C@H](CC)CC3)CC2)CC1. The van der Waals surface area contributed by atoms with E-state index in [1.165, 1.54) is 96.3 Å². The maximum Gasteiger partial charge on any atom is -0.0233 e. The zero-order chi connectivity index (χ0) is 20.3. The van der Waals surface area contributed by atoms with Crippen LogP contribution >= 0.6 is 0 Å². The van der Waals surface area contributed by atoms with E-state index in [1.54, 1.807) is 12.8 Å². The van der Waals surface area contributed by atoms with Gasteiger partial charge in [0.05, 0.1) is 0 Å². The molecule has 0 aromatic heterocycles. The molecule has 0 aliphatic heterocycles. The van der Waals surface area contributed by atoms with E-state index >= 15 is 0 Å². The second-order valence-electron chi connectivity index (χ2n) is 10.9. The van der Waals surface area contributed by atoms with E-state index in [9.17, 15) is 0 Å². The molecule has 0 unspecified atom stereocenters. The predicted molar refractivity (Wildman–Crippen MR) is 129 cm³/mol. The molecule has 3 aliphatic rings. The summed E-state index contributed by atoms with van der Waals surface area (Å²) in [6, 6.07) is 0. The highest BCUT2D eigenvalue weighted by Crippen LogP contribution is 2.42. The second kappa shape index (κ2) is 13.0. The molecule has 166 valence electrons. The van der Waals surface area contributed by atoms with Crippen molar-refractivity contribution in [2.75, 3.05) is 0 Å². The Bertz CT molecular complexity index is 462. The molecule has 0 aromatic rings. The summed E-state index contributed by atoms with van der Waals surface area (Å²) in [6.45, 7) is 4.54. The Kier molecular flexibility index (Phi) is 10.4. The van der Waals surface area contributed by atoms with Gasteiger partial charge in [-0.3, -0.25) is 0 Å². The van der Waals surface area contributed by atoms with Crippen molar-refractivity contribution in [1.29, 1.82) is 0 Å². The van der Waals surface area contributed by atoms with Crippen LogP contribution in [-0.4, -0.2) is 0 Å². The fraction of sp³-hybridized carbons (Fsp3) is 0.862. The molecule has 0 spiro atoms. The lowest BCUT2D eigenvalue weighted by Gasteiger charge is -2.37. The van der Waals surface area contributed by atoms with E-state index in [2.05, 4.69) is 38.2 Å². The summed E-state index contributed by atoms with van der Waals surface area (Å²) < 4.78 is 0. The van der Waals surface area contributed by atoms with Gasteiger partial charge in [-0.1, -0.05) is 76.2 Å². The van der Waals surface area contributed by atoms with Crippen molar-refractivity contribution in [3.63, 3.8) is 0 Å². The van der Waals surface area contributed by atoms with Crippen LogP contribution in [0.25, 0.3) is 0 Å². The van der Waals surface area contributed by atoms with Crippen molar-refractivity contribution in [3.8, 4) is 0 Å². The molecule has 0 N–H and O–H groups in total. The van der Waals surface area contributed by atoms with Gasteiger partial charge in [-0.05, 0) is 107 Å². The minimum absolute atomic E-state index is 0.903. The molecule has 3 saturated carbocycles. The molecule has 0 heterocycles. The fourth-order valence-electron chi connectivity index (χ4n) is 6.80. The summed E-state index contributed by atoms with van der Waals surface area (Å²) in [7, 11) is 0. The van der Waals surface area contributed by atoms with Crippen LogP contribution in [0.2, 0.25) is 0 Å². The minimum atomic E-state index is 0.903. The topological polar surface area (TPSA) is 0 Å². The summed E-state index contributed by atoms with van der Waals surface area (Å²) in [5, 5.41) is 0. The zero-order valence-corrected chi connectivity index (χ0v) is 19.8. The number of allylic oxidation sites excluding steroid dienone is 4. The highest BCUT2D eigenvalue weighted by molar-refractivity contribution is 4.93. The number of rotatable bonds is 9. The van der Waals surface area contributed by atoms with Crippen molar-refractivity contribution in [2.45, 2.75) is 123 Å². The molecule has 0 atom stereocenters. The third-order valence-corrected chi connectivity index (χ3v) is 9.05. The van der Waals surface area contributed by atoms with Gasteiger partial charge in [-0.15, -0.1) is 0 Å². The van der Waals surface area contributed by atoms with Gasteiger partial charge in [0.25, 0.3) is 0 Å². The first-order chi connectivity index (χ1) is 14.3. The molecule has 0 aromatic carbocycles. The van der Waals surface area contributed by atoms with Gasteiger partial charge >= 0.3 is 0 Å². The average molecular weight is 399 g/mol. The maximum absolute atomic E-state index is 2.62. The molecule has 3 aliphatic carbocycles. The van der Waals surface area contributed by atoms with E-state index in [4.69, 9.17) is 0 Å². The van der Waals surface area contributed by atoms with Crippen LogP contribution in [0.15, 0.2) is 24.3 Å². The molecule has 0 heteroatoms. The van der Waals surface area contributed by atoms with Gasteiger partial charge < -0.3 is 0 Å². The number of hydrogen-bond donors (Lipinski definition) is 0. The van der Waals surface area contributed by atoms with Gasteiger partial charge in [-0.25, -0.2) is 0 Å². The molecular formula is C29H50. The van der Waals surface area contributed by atoms with Gasteiger partial charge in [0.2, 0.25) is 0 Å². The highest BCUT2D eigenvalue weighted by atomic mass is 14.3. The predicted octanol–water partition coefficient (Wildman–Crippen LogP) is 9.51. The summed E-state index contributed by atoms with van der Waals surface area (Å²) in [4.78, 5) is 0. The monoisotopic (exact) mass is 398 g/mol. The molecule has 0 bridgehead atoms. The van der Waals surface area contributed by atoms with Gasteiger partial charge in [0, 0.05) is 0 Å². The fourth-order valence-corrected chi connectivity index (χ4v) is 6.80. The van der Waals surface area contributed by atoms with Crippen molar-refractivity contribution < 1.29 is 0 Å². The molecule has 0 amide bonds. The second-order valence-corrected chi connectivity index (χ2v) is 10.9. The van der Waals surface area contributed by atoms with Crippen LogP contribution in [0.4, 0.5) is 0 Å². The molecular weight excluding hydrogens is 348 g/mol. The normalized spacial score (nSPS) is 36.8. The Balaban J connectivity index is 1.24. The van der Waals surface area contributed by atoms with Gasteiger partial charge in [-0.2, -0.15) is 0 Å². The highest BCUT2D eigenvalue weighted by Gasteiger charge is 2.29. The molecule has 0 nitrogen and oxygen atoms in total. The minimum Gasteiger partial charge on any atom is -0.0917 e. The largest absolute Gasteiger partial charge is 0.0917 e. The molecule has 0 saturated heterocycles. The molecule has 0 radical (unpaired) electrons. The smallest absolute Gasteiger partial charge is 0.0233 e.